The van der Waals surface area contributed by atoms with Crippen LogP contribution in [-0.2, 0) is 19.4 Å². The molecule has 0 spiro atoms. The predicted molar refractivity (Wildman–Crippen MR) is 82.5 cm³/mol. The molecule has 1 aliphatic rings. The van der Waals surface area contributed by atoms with Crippen molar-refractivity contribution in [2.24, 2.45) is 5.92 Å². The zero-order chi connectivity index (χ0) is 14.7. The van der Waals surface area contributed by atoms with Gasteiger partial charge in [0, 0.05) is 24.2 Å². The molecule has 0 radical (unpaired) electrons. The van der Waals surface area contributed by atoms with E-state index in [0.717, 1.165) is 36.6 Å². The van der Waals surface area contributed by atoms with E-state index in [-0.39, 0.29) is 5.91 Å². The average Bonchev–Trinajstić information content (AvgIpc) is 3.11. The Morgan fingerprint density at radius 3 is 3.29 bits per heavy atom. The highest BCUT2D eigenvalue weighted by atomic mass is 32.1. The molecule has 2 aromatic heterocycles. The number of nitrogens with zero attached hydrogens (tertiary/aromatic N) is 3. The van der Waals surface area contributed by atoms with Gasteiger partial charge in [-0.15, -0.1) is 16.4 Å². The van der Waals surface area contributed by atoms with E-state index in [1.54, 1.807) is 22.2 Å². The first-order chi connectivity index (χ1) is 10.2. The summed E-state index contributed by atoms with van der Waals surface area (Å²) in [6, 6.07) is 2.09. The molecule has 0 saturated carbocycles. The Kier molecular flexibility index (Phi) is 4.34. The average molecular weight is 304 g/mol. The van der Waals surface area contributed by atoms with Crippen molar-refractivity contribution in [3.8, 4) is 0 Å². The lowest BCUT2D eigenvalue weighted by Crippen LogP contribution is -2.24. The summed E-state index contributed by atoms with van der Waals surface area (Å²) in [5.41, 5.74) is 1.38. The summed E-state index contributed by atoms with van der Waals surface area (Å²) in [5, 5.41) is 10.6. The van der Waals surface area contributed by atoms with Gasteiger partial charge in [0.1, 0.15) is 0 Å². The Morgan fingerprint density at radius 1 is 1.57 bits per heavy atom. The predicted octanol–water partition coefficient (Wildman–Crippen LogP) is 2.28. The van der Waals surface area contributed by atoms with Gasteiger partial charge in [-0.1, -0.05) is 12.1 Å². The monoisotopic (exact) mass is 304 g/mol. The molecule has 0 aromatic carbocycles. The highest BCUT2D eigenvalue weighted by Crippen LogP contribution is 2.32. The standard InChI is InChI=1S/C15H20N4OS/c1-11-3-4-13-12(9-11)10-14(21-13)15(20)16-5-2-7-19-8-6-17-18-19/h6,8,10-11H,2-5,7,9H2,1H3,(H,16,20)/t11-/m1/s1. The van der Waals surface area contributed by atoms with Crippen LogP contribution in [0.1, 0.15) is 39.9 Å². The van der Waals surface area contributed by atoms with E-state index in [1.807, 2.05) is 6.20 Å². The van der Waals surface area contributed by atoms with Gasteiger partial charge < -0.3 is 5.32 Å². The number of carbonyl (C=O) groups excluding carboxylic acids is 1. The lowest BCUT2D eigenvalue weighted by Gasteiger charge is -2.16. The van der Waals surface area contributed by atoms with Gasteiger partial charge in [0.15, 0.2) is 0 Å². The number of hydrogen-bond acceptors (Lipinski definition) is 4. The number of fused-ring (bicyclic) bond motifs is 1. The number of nitrogens with one attached hydrogen (secondary N) is 1. The van der Waals surface area contributed by atoms with Crippen LogP contribution >= 0.6 is 11.3 Å². The molecule has 3 rings (SSSR count). The second kappa shape index (κ2) is 6.39. The van der Waals surface area contributed by atoms with Crippen LogP contribution in [0.25, 0.3) is 0 Å². The quantitative estimate of drug-likeness (QED) is 0.862. The minimum absolute atomic E-state index is 0.0562. The number of aryl methyl sites for hydroxylation is 2. The molecule has 0 fully saturated rings. The third kappa shape index (κ3) is 3.50. The summed E-state index contributed by atoms with van der Waals surface area (Å²) in [6.07, 6.45) is 7.84. The number of rotatable bonds is 5. The summed E-state index contributed by atoms with van der Waals surface area (Å²) in [6.45, 7) is 3.72. The lowest BCUT2D eigenvalue weighted by molar-refractivity contribution is 0.0956. The Balaban J connectivity index is 1.49. The molecular formula is C15H20N4OS. The van der Waals surface area contributed by atoms with E-state index in [1.165, 1.54) is 16.9 Å². The first-order valence-electron chi connectivity index (χ1n) is 7.46. The van der Waals surface area contributed by atoms with Crippen LogP contribution in [0.3, 0.4) is 0 Å². The van der Waals surface area contributed by atoms with Gasteiger partial charge in [-0.2, -0.15) is 0 Å². The summed E-state index contributed by atoms with van der Waals surface area (Å²) in [7, 11) is 0. The smallest absolute Gasteiger partial charge is 0.261 e. The first-order valence-corrected chi connectivity index (χ1v) is 8.28. The van der Waals surface area contributed by atoms with E-state index in [4.69, 9.17) is 0 Å². The highest BCUT2D eigenvalue weighted by molar-refractivity contribution is 7.14. The van der Waals surface area contributed by atoms with Crippen molar-refractivity contribution in [3.05, 3.63) is 33.8 Å². The Labute approximate surface area is 128 Å². The van der Waals surface area contributed by atoms with E-state index >= 15 is 0 Å². The van der Waals surface area contributed by atoms with Crippen molar-refractivity contribution >= 4 is 17.2 Å². The fourth-order valence-corrected chi connectivity index (χ4v) is 3.82. The van der Waals surface area contributed by atoms with Crippen molar-refractivity contribution in [2.75, 3.05) is 6.54 Å². The molecule has 1 aliphatic carbocycles. The highest BCUT2D eigenvalue weighted by Gasteiger charge is 2.20. The van der Waals surface area contributed by atoms with Crippen molar-refractivity contribution in [1.82, 2.24) is 20.3 Å². The van der Waals surface area contributed by atoms with Crippen LogP contribution < -0.4 is 5.32 Å². The van der Waals surface area contributed by atoms with Gasteiger partial charge in [-0.05, 0) is 43.2 Å². The fourth-order valence-electron chi connectivity index (χ4n) is 2.70. The molecule has 2 aromatic rings. The lowest BCUT2D eigenvalue weighted by atomic mass is 9.90. The molecule has 112 valence electrons. The summed E-state index contributed by atoms with van der Waals surface area (Å²) in [4.78, 5) is 14.4. The number of hydrogen-bond donors (Lipinski definition) is 1. The largest absolute Gasteiger partial charge is 0.351 e. The molecule has 2 heterocycles. The third-order valence-corrected chi connectivity index (χ3v) is 5.11. The van der Waals surface area contributed by atoms with Gasteiger partial charge in [0.25, 0.3) is 5.91 Å². The van der Waals surface area contributed by atoms with E-state index in [2.05, 4.69) is 28.6 Å². The van der Waals surface area contributed by atoms with Gasteiger partial charge >= 0.3 is 0 Å². The molecule has 0 unspecified atom stereocenters. The number of carbonyl (C=O) groups is 1. The van der Waals surface area contributed by atoms with Gasteiger partial charge in [0.2, 0.25) is 0 Å². The van der Waals surface area contributed by atoms with E-state index < -0.39 is 0 Å². The molecule has 0 saturated heterocycles. The van der Waals surface area contributed by atoms with Crippen LogP contribution in [0.2, 0.25) is 0 Å². The molecule has 1 amide bonds. The van der Waals surface area contributed by atoms with Gasteiger partial charge in [-0.25, -0.2) is 0 Å². The fraction of sp³-hybridized carbons (Fsp3) is 0.533. The maximum Gasteiger partial charge on any atom is 0.261 e. The van der Waals surface area contributed by atoms with Gasteiger partial charge in [-0.3, -0.25) is 9.48 Å². The molecule has 1 N–H and O–H groups in total. The minimum Gasteiger partial charge on any atom is -0.351 e. The van der Waals surface area contributed by atoms with Crippen LogP contribution in [-0.4, -0.2) is 27.4 Å². The van der Waals surface area contributed by atoms with Crippen LogP contribution in [0.15, 0.2) is 18.5 Å². The second-order valence-corrected chi connectivity index (χ2v) is 6.82. The molecule has 0 aliphatic heterocycles. The van der Waals surface area contributed by atoms with E-state index in [0.29, 0.717) is 6.54 Å². The Morgan fingerprint density at radius 2 is 2.48 bits per heavy atom. The Bertz CT molecular complexity index is 605. The second-order valence-electron chi connectivity index (χ2n) is 5.68. The van der Waals surface area contributed by atoms with E-state index in [9.17, 15) is 4.79 Å². The number of thiophene rings is 1. The molecule has 21 heavy (non-hydrogen) atoms. The third-order valence-electron chi connectivity index (χ3n) is 3.87. The Hall–Kier alpha value is -1.69. The van der Waals surface area contributed by atoms with Crippen molar-refractivity contribution in [2.45, 2.75) is 39.2 Å². The van der Waals surface area contributed by atoms with Crippen molar-refractivity contribution in [3.63, 3.8) is 0 Å². The SMILES string of the molecule is C[C@@H]1CCc2sc(C(=O)NCCCn3ccnn3)cc2C1. The molecule has 0 bridgehead atoms. The minimum atomic E-state index is 0.0562. The number of aromatic nitrogens is 3. The molecule has 5 nitrogen and oxygen atoms in total. The van der Waals surface area contributed by atoms with Crippen LogP contribution in [0.5, 0.6) is 0 Å². The summed E-state index contributed by atoms with van der Waals surface area (Å²) in [5.74, 6) is 0.798. The van der Waals surface area contributed by atoms with Crippen molar-refractivity contribution in [1.29, 1.82) is 0 Å². The first kappa shape index (κ1) is 14.3. The maximum atomic E-state index is 12.2. The van der Waals surface area contributed by atoms with Gasteiger partial charge in [0.05, 0.1) is 11.1 Å². The zero-order valence-electron chi connectivity index (χ0n) is 12.2. The summed E-state index contributed by atoms with van der Waals surface area (Å²) >= 11 is 1.66. The van der Waals surface area contributed by atoms with Crippen LogP contribution in [0.4, 0.5) is 0 Å². The maximum absolute atomic E-state index is 12.2. The zero-order valence-corrected chi connectivity index (χ0v) is 13.0. The number of amides is 1. The molecule has 1 atom stereocenters. The summed E-state index contributed by atoms with van der Waals surface area (Å²) < 4.78 is 1.78. The molecule has 6 heteroatoms. The van der Waals surface area contributed by atoms with Crippen LogP contribution in [0, 0.1) is 5.92 Å². The topological polar surface area (TPSA) is 59.8 Å². The van der Waals surface area contributed by atoms with Crippen molar-refractivity contribution < 1.29 is 4.79 Å². The molecular weight excluding hydrogens is 284 g/mol. The normalized spacial score (nSPS) is 17.5.